The van der Waals surface area contributed by atoms with Crippen LogP contribution in [-0.2, 0) is 6.42 Å². The molecule has 0 aliphatic heterocycles. The molecule has 1 N–H and O–H groups in total. The molecule has 2 nitrogen and oxygen atoms in total. The molecule has 0 aliphatic carbocycles. The van der Waals surface area contributed by atoms with Crippen LogP contribution in [0, 0.1) is 0 Å². The van der Waals surface area contributed by atoms with E-state index in [0.29, 0.717) is 0 Å². The average Bonchev–Trinajstić information content (AvgIpc) is 2.85. The molecule has 0 aliphatic rings. The summed E-state index contributed by atoms with van der Waals surface area (Å²) in [5, 5.41) is 5.60. The van der Waals surface area contributed by atoms with Crippen LogP contribution in [-0.4, -0.2) is 4.98 Å². The maximum absolute atomic E-state index is 4.33. The van der Waals surface area contributed by atoms with E-state index in [1.54, 1.807) is 11.3 Å². The Morgan fingerprint density at radius 1 is 1.47 bits per heavy atom. The molecule has 0 saturated carbocycles. The predicted octanol–water partition coefficient (Wildman–Crippen LogP) is 4.64. The van der Waals surface area contributed by atoms with E-state index in [9.17, 15) is 0 Å². The number of halogens is 1. The van der Waals surface area contributed by atoms with E-state index in [2.05, 4.69) is 63.7 Å². The summed E-state index contributed by atoms with van der Waals surface area (Å²) in [6.07, 6.45) is 1.02. The van der Waals surface area contributed by atoms with Crippen LogP contribution < -0.4 is 5.32 Å². The van der Waals surface area contributed by atoms with Crippen LogP contribution in [0.5, 0.6) is 0 Å². The van der Waals surface area contributed by atoms with Gasteiger partial charge in [0.1, 0.15) is 0 Å². The lowest BCUT2D eigenvalue weighted by Crippen LogP contribution is -2.08. The summed E-state index contributed by atoms with van der Waals surface area (Å²) in [4.78, 5) is 4.33. The summed E-state index contributed by atoms with van der Waals surface area (Å²) in [5.41, 5.74) is 5.48. The van der Waals surface area contributed by atoms with Crippen molar-refractivity contribution in [2.24, 2.45) is 0 Å². The highest BCUT2D eigenvalue weighted by atomic mass is 79.9. The van der Waals surface area contributed by atoms with Gasteiger partial charge in [-0.15, -0.1) is 11.3 Å². The number of anilines is 1. The Kier molecular flexibility index (Phi) is 4.18. The highest BCUT2D eigenvalue weighted by Gasteiger charge is 2.09. The van der Waals surface area contributed by atoms with E-state index < -0.39 is 0 Å². The molecule has 90 valence electrons. The molecule has 1 aromatic carbocycles. The number of rotatable bonds is 4. The van der Waals surface area contributed by atoms with Crippen LogP contribution in [0.1, 0.15) is 31.1 Å². The summed E-state index contributed by atoms with van der Waals surface area (Å²) >= 11 is 5.14. The van der Waals surface area contributed by atoms with Crippen molar-refractivity contribution in [2.75, 3.05) is 5.32 Å². The minimum atomic E-state index is 0.243. The number of thiazole rings is 1. The number of aryl methyl sites for hydroxylation is 1. The molecule has 0 spiro atoms. The lowest BCUT2D eigenvalue weighted by Gasteiger charge is -2.16. The van der Waals surface area contributed by atoms with Gasteiger partial charge in [0, 0.05) is 15.5 Å². The Bertz CT molecular complexity index is 482. The summed E-state index contributed by atoms with van der Waals surface area (Å²) in [5.74, 6) is 0. The third-order valence-electron chi connectivity index (χ3n) is 2.72. The van der Waals surface area contributed by atoms with Crippen molar-refractivity contribution >= 4 is 33.0 Å². The number of hydrogen-bond donors (Lipinski definition) is 1. The van der Waals surface area contributed by atoms with E-state index in [0.717, 1.165) is 16.6 Å². The minimum Gasteiger partial charge on any atom is -0.377 e. The van der Waals surface area contributed by atoms with Crippen LogP contribution in [0.2, 0.25) is 0 Å². The molecule has 1 aromatic heterocycles. The molecular weight excluding hydrogens is 296 g/mol. The summed E-state index contributed by atoms with van der Waals surface area (Å²) in [7, 11) is 0. The second-order valence-corrected chi connectivity index (χ2v) is 5.57. The van der Waals surface area contributed by atoms with E-state index in [4.69, 9.17) is 0 Å². The quantitative estimate of drug-likeness (QED) is 0.889. The van der Waals surface area contributed by atoms with Crippen molar-refractivity contribution in [1.82, 2.24) is 4.98 Å². The molecule has 2 aromatic rings. The molecule has 1 unspecified atom stereocenters. The monoisotopic (exact) mass is 310 g/mol. The maximum Gasteiger partial charge on any atom is 0.0795 e. The second kappa shape index (κ2) is 5.65. The number of nitrogens with zero attached hydrogens (tertiary/aromatic N) is 1. The molecule has 1 atom stereocenters. The van der Waals surface area contributed by atoms with E-state index >= 15 is 0 Å². The molecule has 0 saturated heterocycles. The van der Waals surface area contributed by atoms with Gasteiger partial charge in [-0.1, -0.05) is 22.9 Å². The maximum atomic E-state index is 4.33. The fraction of sp³-hybridized carbons (Fsp3) is 0.308. The smallest absolute Gasteiger partial charge is 0.0795 e. The lowest BCUT2D eigenvalue weighted by atomic mass is 10.1. The lowest BCUT2D eigenvalue weighted by molar-refractivity contribution is 0.846. The fourth-order valence-corrected chi connectivity index (χ4v) is 2.79. The van der Waals surface area contributed by atoms with Gasteiger partial charge in [-0.25, -0.2) is 4.98 Å². The molecule has 0 bridgehead atoms. The van der Waals surface area contributed by atoms with Crippen molar-refractivity contribution in [1.29, 1.82) is 0 Å². The summed E-state index contributed by atoms with van der Waals surface area (Å²) in [6, 6.07) is 6.59. The number of aromatic nitrogens is 1. The van der Waals surface area contributed by atoms with Crippen LogP contribution >= 0.6 is 27.3 Å². The van der Waals surface area contributed by atoms with Crippen molar-refractivity contribution < 1.29 is 0 Å². The summed E-state index contributed by atoms with van der Waals surface area (Å²) in [6.45, 7) is 4.30. The van der Waals surface area contributed by atoms with E-state index in [1.165, 1.54) is 11.3 Å². The van der Waals surface area contributed by atoms with Crippen LogP contribution in [0.3, 0.4) is 0 Å². The number of hydrogen-bond acceptors (Lipinski definition) is 3. The molecule has 4 heteroatoms. The number of benzene rings is 1. The Balaban J connectivity index is 2.18. The van der Waals surface area contributed by atoms with Gasteiger partial charge in [0.15, 0.2) is 0 Å². The Labute approximate surface area is 114 Å². The highest BCUT2D eigenvalue weighted by molar-refractivity contribution is 9.10. The molecule has 0 fully saturated rings. The first-order chi connectivity index (χ1) is 8.20. The average molecular weight is 311 g/mol. The van der Waals surface area contributed by atoms with E-state index in [1.807, 2.05) is 5.51 Å². The largest absolute Gasteiger partial charge is 0.377 e. The first kappa shape index (κ1) is 12.6. The van der Waals surface area contributed by atoms with Gasteiger partial charge in [0.25, 0.3) is 0 Å². The molecule has 0 radical (unpaired) electrons. The van der Waals surface area contributed by atoms with E-state index in [-0.39, 0.29) is 6.04 Å². The molecule has 0 amide bonds. The number of nitrogens with one attached hydrogen (secondary N) is 1. The molecule has 2 rings (SSSR count). The van der Waals surface area contributed by atoms with Gasteiger partial charge in [0.05, 0.1) is 17.2 Å². The van der Waals surface area contributed by atoms with Gasteiger partial charge in [0.2, 0.25) is 0 Å². The first-order valence-electron chi connectivity index (χ1n) is 5.63. The zero-order valence-electron chi connectivity index (χ0n) is 9.90. The van der Waals surface area contributed by atoms with Gasteiger partial charge in [-0.05, 0) is 37.1 Å². The standard InChI is InChI=1S/C13H15BrN2S/c1-3-10-6-11(14)4-5-12(10)16-9(2)13-7-17-8-15-13/h4-9,16H,3H2,1-2H3. The SMILES string of the molecule is CCc1cc(Br)ccc1NC(C)c1cscn1. The highest BCUT2D eigenvalue weighted by Crippen LogP contribution is 2.25. The molecular formula is C13H15BrN2S. The fourth-order valence-electron chi connectivity index (χ4n) is 1.74. The Morgan fingerprint density at radius 3 is 2.94 bits per heavy atom. The van der Waals surface area contributed by atoms with Gasteiger partial charge < -0.3 is 5.32 Å². The van der Waals surface area contributed by atoms with Crippen molar-refractivity contribution in [3.8, 4) is 0 Å². The van der Waals surface area contributed by atoms with Crippen molar-refractivity contribution in [2.45, 2.75) is 26.3 Å². The molecule has 1 heterocycles. The van der Waals surface area contributed by atoms with Crippen molar-refractivity contribution in [3.05, 3.63) is 44.8 Å². The Morgan fingerprint density at radius 2 is 2.29 bits per heavy atom. The zero-order chi connectivity index (χ0) is 12.3. The van der Waals surface area contributed by atoms with Gasteiger partial charge >= 0.3 is 0 Å². The Hall–Kier alpha value is -0.870. The predicted molar refractivity (Wildman–Crippen MR) is 77.7 cm³/mol. The molecule has 17 heavy (non-hydrogen) atoms. The zero-order valence-corrected chi connectivity index (χ0v) is 12.3. The van der Waals surface area contributed by atoms with Gasteiger partial charge in [-0.3, -0.25) is 0 Å². The van der Waals surface area contributed by atoms with Crippen molar-refractivity contribution in [3.63, 3.8) is 0 Å². The minimum absolute atomic E-state index is 0.243. The topological polar surface area (TPSA) is 24.9 Å². The second-order valence-electron chi connectivity index (χ2n) is 3.93. The van der Waals surface area contributed by atoms with Crippen LogP contribution in [0.4, 0.5) is 5.69 Å². The normalized spacial score (nSPS) is 12.4. The first-order valence-corrected chi connectivity index (χ1v) is 7.37. The van der Waals surface area contributed by atoms with Crippen LogP contribution in [0.15, 0.2) is 33.6 Å². The van der Waals surface area contributed by atoms with Crippen LogP contribution in [0.25, 0.3) is 0 Å². The van der Waals surface area contributed by atoms with Gasteiger partial charge in [-0.2, -0.15) is 0 Å². The third-order valence-corrected chi connectivity index (χ3v) is 3.81. The summed E-state index contributed by atoms with van der Waals surface area (Å²) < 4.78 is 1.13. The third kappa shape index (κ3) is 3.07.